The number of H-pyrrole nitrogens is 1. The number of nitrogens with zero attached hydrogens (tertiary/aromatic N) is 2. The summed E-state index contributed by atoms with van der Waals surface area (Å²) in [6.07, 6.45) is 8.48. The van der Waals surface area contributed by atoms with Gasteiger partial charge in [0.2, 0.25) is 0 Å². The van der Waals surface area contributed by atoms with Crippen LogP contribution in [0.25, 0.3) is 11.3 Å². The summed E-state index contributed by atoms with van der Waals surface area (Å²) in [5.74, 6) is 0.870. The molecule has 1 aliphatic rings. The van der Waals surface area contributed by atoms with Crippen LogP contribution in [0.2, 0.25) is 0 Å². The molecule has 1 aliphatic carbocycles. The molecule has 0 amide bonds. The zero-order chi connectivity index (χ0) is 19.5. The minimum Gasteiger partial charge on any atom is -0.365 e. The zero-order valence-corrected chi connectivity index (χ0v) is 16.9. The molecule has 0 aliphatic heterocycles. The lowest BCUT2D eigenvalue weighted by molar-refractivity contribution is 0.678. The van der Waals surface area contributed by atoms with E-state index in [1.54, 1.807) is 11.3 Å². The molecule has 6 heteroatoms. The largest absolute Gasteiger partial charge is 0.365 e. The fourth-order valence-corrected chi connectivity index (χ4v) is 4.43. The molecule has 4 aromatic rings. The Morgan fingerprint density at radius 1 is 1.07 bits per heavy atom. The second-order valence-corrected chi connectivity index (χ2v) is 8.25. The SMILES string of the molecule is c1ccc(Nc2c(-c3ccnc(NCc4cncs4)c3)[nH]c3c2CCCC3)cc1. The van der Waals surface area contributed by atoms with Crippen molar-refractivity contribution >= 4 is 28.5 Å². The molecule has 0 radical (unpaired) electrons. The van der Waals surface area contributed by atoms with Crippen LogP contribution < -0.4 is 10.6 Å². The van der Waals surface area contributed by atoms with E-state index in [9.17, 15) is 0 Å². The molecule has 0 unspecified atom stereocenters. The standard InChI is InChI=1S/C23H23N5S/c1-2-6-17(7-3-1)27-23-19-8-4-5-9-20(19)28-22(23)16-10-11-25-21(12-16)26-14-18-13-24-15-29-18/h1-3,6-7,10-13,15,27-28H,4-5,8-9,14H2,(H,25,26). The molecule has 3 heterocycles. The Morgan fingerprint density at radius 2 is 1.97 bits per heavy atom. The number of hydrogen-bond donors (Lipinski definition) is 3. The highest BCUT2D eigenvalue weighted by Crippen LogP contribution is 2.39. The summed E-state index contributed by atoms with van der Waals surface area (Å²) in [6, 6.07) is 14.6. The summed E-state index contributed by atoms with van der Waals surface area (Å²) < 4.78 is 0. The van der Waals surface area contributed by atoms with Crippen LogP contribution in [-0.4, -0.2) is 15.0 Å². The molecule has 0 spiro atoms. The molecule has 0 saturated carbocycles. The van der Waals surface area contributed by atoms with Crippen LogP contribution in [0.1, 0.15) is 29.0 Å². The van der Waals surface area contributed by atoms with Crippen molar-refractivity contribution in [3.8, 4) is 11.3 Å². The predicted octanol–water partition coefficient (Wildman–Crippen LogP) is 5.77. The van der Waals surface area contributed by atoms with Gasteiger partial charge in [-0.3, -0.25) is 4.98 Å². The van der Waals surface area contributed by atoms with Crippen LogP contribution in [0.5, 0.6) is 0 Å². The highest BCUT2D eigenvalue weighted by Gasteiger charge is 2.21. The van der Waals surface area contributed by atoms with Gasteiger partial charge in [-0.2, -0.15) is 0 Å². The van der Waals surface area contributed by atoms with Gasteiger partial charge in [0.25, 0.3) is 0 Å². The number of aryl methyl sites for hydroxylation is 1. The van der Waals surface area contributed by atoms with Crippen molar-refractivity contribution in [2.45, 2.75) is 32.2 Å². The summed E-state index contributed by atoms with van der Waals surface area (Å²) in [4.78, 5) is 13.5. The smallest absolute Gasteiger partial charge is 0.126 e. The number of aromatic amines is 1. The third-order valence-corrected chi connectivity index (χ3v) is 6.09. The van der Waals surface area contributed by atoms with E-state index >= 15 is 0 Å². The minimum absolute atomic E-state index is 0.734. The number of fused-ring (bicyclic) bond motifs is 1. The number of thiazole rings is 1. The molecule has 0 saturated heterocycles. The van der Waals surface area contributed by atoms with Gasteiger partial charge in [0.15, 0.2) is 0 Å². The summed E-state index contributed by atoms with van der Waals surface area (Å²) in [7, 11) is 0. The van der Waals surface area contributed by atoms with Crippen molar-refractivity contribution in [1.82, 2.24) is 15.0 Å². The molecule has 29 heavy (non-hydrogen) atoms. The van der Waals surface area contributed by atoms with E-state index in [2.05, 4.69) is 62.0 Å². The molecule has 1 aromatic carbocycles. The molecular formula is C23H23N5S. The van der Waals surface area contributed by atoms with Crippen LogP contribution in [0.15, 0.2) is 60.4 Å². The van der Waals surface area contributed by atoms with Gasteiger partial charge in [0.1, 0.15) is 5.82 Å². The lowest BCUT2D eigenvalue weighted by Gasteiger charge is -2.14. The number of anilines is 3. The third kappa shape index (κ3) is 3.89. The van der Waals surface area contributed by atoms with Gasteiger partial charge < -0.3 is 15.6 Å². The normalized spacial score (nSPS) is 13.1. The van der Waals surface area contributed by atoms with E-state index in [1.165, 1.54) is 34.7 Å². The third-order valence-electron chi connectivity index (χ3n) is 5.31. The van der Waals surface area contributed by atoms with Crippen molar-refractivity contribution < 1.29 is 0 Å². The lowest BCUT2D eigenvalue weighted by atomic mass is 9.96. The van der Waals surface area contributed by atoms with Crippen molar-refractivity contribution in [3.63, 3.8) is 0 Å². The number of pyridine rings is 1. The lowest BCUT2D eigenvalue weighted by Crippen LogP contribution is -2.02. The Balaban J connectivity index is 1.48. The van der Waals surface area contributed by atoms with Crippen molar-refractivity contribution in [3.05, 3.63) is 76.5 Å². The first kappa shape index (κ1) is 17.9. The maximum Gasteiger partial charge on any atom is 0.126 e. The number of nitrogens with one attached hydrogen (secondary N) is 3. The first-order valence-electron chi connectivity index (χ1n) is 10.0. The Morgan fingerprint density at radius 3 is 2.83 bits per heavy atom. The van der Waals surface area contributed by atoms with Gasteiger partial charge >= 0.3 is 0 Å². The second-order valence-electron chi connectivity index (χ2n) is 7.28. The highest BCUT2D eigenvalue weighted by molar-refractivity contribution is 7.09. The number of benzene rings is 1. The van der Waals surface area contributed by atoms with Crippen LogP contribution >= 0.6 is 11.3 Å². The fraction of sp³-hybridized carbons (Fsp3) is 0.217. The van der Waals surface area contributed by atoms with Crippen LogP contribution in [0.4, 0.5) is 17.2 Å². The van der Waals surface area contributed by atoms with Crippen molar-refractivity contribution in [2.75, 3.05) is 10.6 Å². The summed E-state index contributed by atoms with van der Waals surface area (Å²) in [6.45, 7) is 0.734. The van der Waals surface area contributed by atoms with Crippen LogP contribution in [0.3, 0.4) is 0 Å². The topological polar surface area (TPSA) is 65.6 Å². The quantitative estimate of drug-likeness (QED) is 0.384. The van der Waals surface area contributed by atoms with Crippen molar-refractivity contribution in [2.24, 2.45) is 0 Å². The molecule has 3 N–H and O–H groups in total. The van der Waals surface area contributed by atoms with E-state index in [4.69, 9.17) is 0 Å². The van der Waals surface area contributed by atoms with E-state index in [1.807, 2.05) is 24.0 Å². The highest BCUT2D eigenvalue weighted by atomic mass is 32.1. The molecule has 0 bridgehead atoms. The Labute approximate surface area is 174 Å². The molecule has 5 nitrogen and oxygen atoms in total. The van der Waals surface area contributed by atoms with E-state index in [0.717, 1.165) is 42.1 Å². The number of hydrogen-bond acceptors (Lipinski definition) is 5. The number of rotatable bonds is 6. The summed E-state index contributed by atoms with van der Waals surface area (Å²) in [5.41, 5.74) is 9.23. The number of aromatic nitrogens is 3. The molecular weight excluding hydrogens is 378 g/mol. The molecule has 5 rings (SSSR count). The zero-order valence-electron chi connectivity index (χ0n) is 16.1. The van der Waals surface area contributed by atoms with Gasteiger partial charge in [-0.15, -0.1) is 11.3 Å². The molecule has 3 aromatic heterocycles. The van der Waals surface area contributed by atoms with Crippen LogP contribution in [-0.2, 0) is 19.4 Å². The van der Waals surface area contributed by atoms with Gasteiger partial charge in [-0.1, -0.05) is 18.2 Å². The summed E-state index contributed by atoms with van der Waals surface area (Å²) in [5, 5.41) is 7.09. The van der Waals surface area contributed by atoms with E-state index in [-0.39, 0.29) is 0 Å². The maximum atomic E-state index is 4.50. The van der Waals surface area contributed by atoms with Crippen LogP contribution in [0, 0.1) is 0 Å². The van der Waals surface area contributed by atoms with Gasteiger partial charge in [0, 0.05) is 34.2 Å². The first-order chi connectivity index (χ1) is 14.4. The Hall–Kier alpha value is -3.12. The average Bonchev–Trinajstić information content (AvgIpc) is 3.42. The molecule has 146 valence electrons. The van der Waals surface area contributed by atoms with E-state index < -0.39 is 0 Å². The van der Waals surface area contributed by atoms with Gasteiger partial charge in [-0.25, -0.2) is 4.98 Å². The Kier molecular flexibility index (Phi) is 5.01. The van der Waals surface area contributed by atoms with Crippen molar-refractivity contribution in [1.29, 1.82) is 0 Å². The summed E-state index contributed by atoms with van der Waals surface area (Å²) >= 11 is 1.65. The van der Waals surface area contributed by atoms with E-state index in [0.29, 0.717) is 0 Å². The maximum absolute atomic E-state index is 4.50. The second kappa shape index (κ2) is 8.09. The first-order valence-corrected chi connectivity index (χ1v) is 10.9. The number of para-hydroxylation sites is 1. The van der Waals surface area contributed by atoms with Gasteiger partial charge in [0.05, 0.1) is 23.4 Å². The minimum atomic E-state index is 0.734. The molecule has 0 fully saturated rings. The fourth-order valence-electron chi connectivity index (χ4n) is 3.89. The predicted molar refractivity (Wildman–Crippen MR) is 120 cm³/mol. The average molecular weight is 402 g/mol. The Bertz CT molecular complexity index is 1090. The van der Waals surface area contributed by atoms with Gasteiger partial charge in [-0.05, 0) is 55.5 Å². The monoisotopic (exact) mass is 401 g/mol. The molecule has 0 atom stereocenters.